The van der Waals surface area contributed by atoms with Gasteiger partial charge in [0.05, 0.1) is 5.92 Å². The molecule has 2 rings (SSSR count). The summed E-state index contributed by atoms with van der Waals surface area (Å²) in [4.78, 5) is 14.6. The maximum atomic E-state index is 11.0. The maximum absolute atomic E-state index is 11.0. The van der Waals surface area contributed by atoms with Crippen LogP contribution in [0.4, 0.5) is 0 Å². The van der Waals surface area contributed by atoms with E-state index in [0.717, 1.165) is 25.9 Å². The maximum Gasteiger partial charge on any atom is 0.307 e. The lowest BCUT2D eigenvalue weighted by Crippen LogP contribution is -2.38. The first kappa shape index (κ1) is 13.4. The van der Waals surface area contributed by atoms with Crippen molar-refractivity contribution in [1.82, 2.24) is 4.90 Å². The molecule has 1 aliphatic rings. The number of piperidine rings is 1. The molecule has 4 heteroatoms. The van der Waals surface area contributed by atoms with Gasteiger partial charge < -0.3 is 5.11 Å². The third-order valence-electron chi connectivity index (χ3n) is 3.44. The molecule has 0 spiro atoms. The second-order valence-electron chi connectivity index (χ2n) is 4.72. The molecule has 1 aliphatic heterocycles. The second kappa shape index (κ2) is 6.25. The minimum atomic E-state index is -0.655. The average Bonchev–Trinajstić information content (AvgIpc) is 2.39. The van der Waals surface area contributed by atoms with Gasteiger partial charge in [-0.2, -0.15) is 0 Å². The van der Waals surface area contributed by atoms with Crippen molar-refractivity contribution < 1.29 is 9.90 Å². The molecule has 0 aliphatic carbocycles. The monoisotopic (exact) mass is 265 g/mol. The summed E-state index contributed by atoms with van der Waals surface area (Å²) in [5.74, 6) is -0.849. The molecule has 1 saturated heterocycles. The molecule has 18 heavy (non-hydrogen) atoms. The lowest BCUT2D eigenvalue weighted by atomic mass is 9.98. The number of nitrogens with zero attached hydrogens (tertiary/aromatic N) is 1. The van der Waals surface area contributed by atoms with Crippen LogP contribution in [0.25, 0.3) is 0 Å². The van der Waals surface area contributed by atoms with Gasteiger partial charge in [0.25, 0.3) is 0 Å². The van der Waals surface area contributed by atoms with Gasteiger partial charge in [0.15, 0.2) is 0 Å². The Morgan fingerprint density at radius 2 is 2.28 bits per heavy atom. The quantitative estimate of drug-likeness (QED) is 0.850. The van der Waals surface area contributed by atoms with E-state index < -0.39 is 5.97 Å². The summed E-state index contributed by atoms with van der Waals surface area (Å²) >= 11 is 1.75. The van der Waals surface area contributed by atoms with Crippen LogP contribution in [-0.4, -0.2) is 35.3 Å². The van der Waals surface area contributed by atoms with E-state index in [9.17, 15) is 4.79 Å². The molecular formula is C14H19NO2S. The van der Waals surface area contributed by atoms with Gasteiger partial charge in [0, 0.05) is 18.0 Å². The average molecular weight is 265 g/mol. The molecule has 1 aromatic carbocycles. The summed E-state index contributed by atoms with van der Waals surface area (Å²) in [7, 11) is 0. The second-order valence-corrected chi connectivity index (χ2v) is 5.57. The summed E-state index contributed by atoms with van der Waals surface area (Å²) in [6.45, 7) is 2.55. The molecule has 1 N–H and O–H groups in total. The highest BCUT2D eigenvalue weighted by Crippen LogP contribution is 2.24. The van der Waals surface area contributed by atoms with Crippen LogP contribution in [0.15, 0.2) is 29.2 Å². The molecule has 1 aromatic rings. The Bertz CT molecular complexity index is 422. The molecule has 3 nitrogen and oxygen atoms in total. The van der Waals surface area contributed by atoms with Crippen LogP contribution in [0.5, 0.6) is 0 Å². The number of thioether (sulfide) groups is 1. The number of carboxylic acid groups (broad SMARTS) is 1. The molecule has 0 radical (unpaired) electrons. The Morgan fingerprint density at radius 1 is 1.50 bits per heavy atom. The Morgan fingerprint density at radius 3 is 3.00 bits per heavy atom. The van der Waals surface area contributed by atoms with Crippen LogP contribution >= 0.6 is 11.8 Å². The van der Waals surface area contributed by atoms with Gasteiger partial charge in [-0.1, -0.05) is 18.2 Å². The summed E-state index contributed by atoms with van der Waals surface area (Å²) < 4.78 is 0. The van der Waals surface area contributed by atoms with Gasteiger partial charge in [0.1, 0.15) is 0 Å². The fourth-order valence-electron chi connectivity index (χ4n) is 2.48. The van der Waals surface area contributed by atoms with E-state index in [-0.39, 0.29) is 5.92 Å². The van der Waals surface area contributed by atoms with E-state index in [1.165, 1.54) is 10.5 Å². The number of rotatable bonds is 4. The van der Waals surface area contributed by atoms with Gasteiger partial charge in [0.2, 0.25) is 0 Å². The molecule has 1 atom stereocenters. The van der Waals surface area contributed by atoms with E-state index >= 15 is 0 Å². The van der Waals surface area contributed by atoms with Crippen molar-refractivity contribution in [3.63, 3.8) is 0 Å². The van der Waals surface area contributed by atoms with Crippen molar-refractivity contribution in [2.24, 2.45) is 5.92 Å². The van der Waals surface area contributed by atoms with Crippen LogP contribution in [0.2, 0.25) is 0 Å². The third kappa shape index (κ3) is 3.27. The molecule has 98 valence electrons. The highest BCUT2D eigenvalue weighted by Gasteiger charge is 2.25. The van der Waals surface area contributed by atoms with Crippen molar-refractivity contribution in [1.29, 1.82) is 0 Å². The van der Waals surface area contributed by atoms with Crippen molar-refractivity contribution >= 4 is 17.7 Å². The van der Waals surface area contributed by atoms with Gasteiger partial charge in [-0.15, -0.1) is 11.8 Å². The van der Waals surface area contributed by atoms with Crippen LogP contribution in [0.1, 0.15) is 18.4 Å². The van der Waals surface area contributed by atoms with Gasteiger partial charge in [-0.3, -0.25) is 9.69 Å². The summed E-state index contributed by atoms with van der Waals surface area (Å²) in [5.41, 5.74) is 1.30. The van der Waals surface area contributed by atoms with Crippen molar-refractivity contribution in [2.75, 3.05) is 19.3 Å². The molecule has 0 bridgehead atoms. The number of carbonyl (C=O) groups is 1. The SMILES string of the molecule is CSc1ccccc1CN1CCCC(C(=O)O)C1. The predicted molar refractivity (Wildman–Crippen MR) is 73.9 cm³/mol. The van der Waals surface area contributed by atoms with Crippen molar-refractivity contribution in [3.05, 3.63) is 29.8 Å². The highest BCUT2D eigenvalue weighted by atomic mass is 32.2. The highest BCUT2D eigenvalue weighted by molar-refractivity contribution is 7.98. The zero-order chi connectivity index (χ0) is 13.0. The zero-order valence-electron chi connectivity index (χ0n) is 10.6. The minimum absolute atomic E-state index is 0.194. The van der Waals surface area contributed by atoms with Gasteiger partial charge >= 0.3 is 5.97 Å². The molecule has 1 heterocycles. The number of aliphatic carboxylic acids is 1. The number of benzene rings is 1. The number of hydrogen-bond acceptors (Lipinski definition) is 3. The summed E-state index contributed by atoms with van der Waals surface area (Å²) in [6.07, 6.45) is 3.88. The lowest BCUT2D eigenvalue weighted by Gasteiger charge is -2.31. The molecule has 0 amide bonds. The number of hydrogen-bond donors (Lipinski definition) is 1. The largest absolute Gasteiger partial charge is 0.481 e. The first-order valence-corrected chi connectivity index (χ1v) is 7.50. The molecule has 0 saturated carbocycles. The fourth-order valence-corrected chi connectivity index (χ4v) is 3.08. The van der Waals surface area contributed by atoms with E-state index in [1.54, 1.807) is 11.8 Å². The van der Waals surface area contributed by atoms with Crippen molar-refractivity contribution in [2.45, 2.75) is 24.3 Å². The Hall–Kier alpha value is -1.00. The molecule has 1 fully saturated rings. The normalized spacial score (nSPS) is 20.8. The zero-order valence-corrected chi connectivity index (χ0v) is 11.4. The molecule has 1 unspecified atom stereocenters. The smallest absolute Gasteiger partial charge is 0.307 e. The van der Waals surface area contributed by atoms with Gasteiger partial charge in [-0.25, -0.2) is 0 Å². The standard InChI is InChI=1S/C14H19NO2S/c1-18-13-7-3-2-5-11(13)9-15-8-4-6-12(10-15)14(16)17/h2-3,5,7,12H,4,6,8-10H2,1H3,(H,16,17). The first-order valence-electron chi connectivity index (χ1n) is 6.27. The molecule has 0 aromatic heterocycles. The van der Waals surface area contributed by atoms with E-state index in [1.807, 2.05) is 12.1 Å². The third-order valence-corrected chi connectivity index (χ3v) is 4.28. The van der Waals surface area contributed by atoms with E-state index in [2.05, 4.69) is 23.3 Å². The van der Waals surface area contributed by atoms with Crippen LogP contribution in [0.3, 0.4) is 0 Å². The summed E-state index contributed by atoms with van der Waals surface area (Å²) in [5, 5.41) is 9.09. The molecular weight excluding hydrogens is 246 g/mol. The lowest BCUT2D eigenvalue weighted by molar-refractivity contribution is -0.143. The van der Waals surface area contributed by atoms with Crippen molar-refractivity contribution in [3.8, 4) is 0 Å². The minimum Gasteiger partial charge on any atom is -0.481 e. The van der Waals surface area contributed by atoms with E-state index in [4.69, 9.17) is 5.11 Å². The first-order chi connectivity index (χ1) is 8.70. The van der Waals surface area contributed by atoms with Crippen LogP contribution < -0.4 is 0 Å². The Kier molecular flexibility index (Phi) is 4.66. The number of carboxylic acids is 1. The Balaban J connectivity index is 2.02. The van der Waals surface area contributed by atoms with Crippen LogP contribution in [0, 0.1) is 5.92 Å². The fraction of sp³-hybridized carbons (Fsp3) is 0.500. The predicted octanol–water partition coefficient (Wildman–Crippen LogP) is 2.71. The van der Waals surface area contributed by atoms with E-state index in [0.29, 0.717) is 6.54 Å². The number of likely N-dealkylation sites (tertiary alicyclic amines) is 1. The summed E-state index contributed by atoms with van der Waals surface area (Å²) in [6, 6.07) is 8.36. The Labute approximate surface area is 112 Å². The van der Waals surface area contributed by atoms with Gasteiger partial charge in [-0.05, 0) is 37.3 Å². The van der Waals surface area contributed by atoms with Crippen LogP contribution in [-0.2, 0) is 11.3 Å². The topological polar surface area (TPSA) is 40.5 Å².